The SMILES string of the molecule is N=C1CCc2cc(Nc3c(-c4csnn4)nc4cnccn34)ccc21. The first-order valence-corrected chi connectivity index (χ1v) is 8.70. The quantitative estimate of drug-likeness (QED) is 0.593. The fourth-order valence-corrected chi connectivity index (χ4v) is 3.62. The first kappa shape index (κ1) is 14.2. The molecule has 0 atom stereocenters. The normalized spacial score (nSPS) is 13.4. The van der Waals surface area contributed by atoms with Gasteiger partial charge in [0.25, 0.3) is 0 Å². The number of nitrogens with zero attached hydrogens (tertiary/aromatic N) is 5. The average molecular weight is 347 g/mol. The lowest BCUT2D eigenvalue weighted by Crippen LogP contribution is -1.99. The van der Waals surface area contributed by atoms with Gasteiger partial charge in [0, 0.05) is 29.2 Å². The molecule has 1 aliphatic carbocycles. The number of hydrogen-bond acceptors (Lipinski definition) is 7. The van der Waals surface area contributed by atoms with E-state index in [1.165, 1.54) is 17.1 Å². The molecule has 2 N–H and O–H groups in total. The number of hydrogen-bond donors (Lipinski definition) is 2. The van der Waals surface area contributed by atoms with Crippen LogP contribution in [0.15, 0.2) is 42.2 Å². The van der Waals surface area contributed by atoms with Gasteiger partial charge in [-0.15, -0.1) is 5.10 Å². The van der Waals surface area contributed by atoms with Gasteiger partial charge in [-0.25, -0.2) is 4.98 Å². The van der Waals surface area contributed by atoms with Gasteiger partial charge in [-0.2, -0.15) is 0 Å². The van der Waals surface area contributed by atoms with E-state index in [0.29, 0.717) is 0 Å². The lowest BCUT2D eigenvalue weighted by atomic mass is 10.1. The van der Waals surface area contributed by atoms with Crippen LogP contribution in [0.25, 0.3) is 17.0 Å². The summed E-state index contributed by atoms with van der Waals surface area (Å²) in [6.45, 7) is 0. The fourth-order valence-electron chi connectivity index (χ4n) is 3.18. The van der Waals surface area contributed by atoms with Crippen molar-refractivity contribution in [2.24, 2.45) is 0 Å². The minimum absolute atomic E-state index is 0.719. The summed E-state index contributed by atoms with van der Waals surface area (Å²) in [7, 11) is 0. The van der Waals surface area contributed by atoms with Crippen molar-refractivity contribution in [3.8, 4) is 11.4 Å². The van der Waals surface area contributed by atoms with Crippen molar-refractivity contribution < 1.29 is 0 Å². The number of fused-ring (bicyclic) bond motifs is 2. The van der Waals surface area contributed by atoms with Gasteiger partial charge >= 0.3 is 0 Å². The van der Waals surface area contributed by atoms with Crippen LogP contribution >= 0.6 is 11.5 Å². The Bertz CT molecular complexity index is 1100. The molecule has 0 saturated heterocycles. The number of imidazole rings is 1. The third-order valence-electron chi connectivity index (χ3n) is 4.37. The first-order valence-electron chi connectivity index (χ1n) is 7.87. The zero-order valence-electron chi connectivity index (χ0n) is 13.1. The van der Waals surface area contributed by atoms with Crippen LogP contribution in [-0.4, -0.2) is 29.7 Å². The third-order valence-corrected chi connectivity index (χ3v) is 4.87. The molecule has 122 valence electrons. The van der Waals surface area contributed by atoms with E-state index in [1.54, 1.807) is 12.4 Å². The van der Waals surface area contributed by atoms with E-state index in [4.69, 9.17) is 5.41 Å². The summed E-state index contributed by atoms with van der Waals surface area (Å²) in [5, 5.41) is 17.5. The second-order valence-corrected chi connectivity index (χ2v) is 6.49. The maximum absolute atomic E-state index is 7.98. The largest absolute Gasteiger partial charge is 0.339 e. The lowest BCUT2D eigenvalue weighted by molar-refractivity contribution is 1.09. The van der Waals surface area contributed by atoms with Crippen molar-refractivity contribution in [3.05, 3.63) is 53.3 Å². The first-order chi connectivity index (χ1) is 12.3. The van der Waals surface area contributed by atoms with Crippen molar-refractivity contribution >= 4 is 34.4 Å². The molecule has 0 aliphatic heterocycles. The molecular formula is C17H13N7S. The molecule has 1 aliphatic rings. The molecule has 5 rings (SSSR count). The van der Waals surface area contributed by atoms with Crippen molar-refractivity contribution in [2.45, 2.75) is 12.8 Å². The predicted molar refractivity (Wildman–Crippen MR) is 96.8 cm³/mol. The highest BCUT2D eigenvalue weighted by molar-refractivity contribution is 7.03. The molecular weight excluding hydrogens is 334 g/mol. The predicted octanol–water partition coefficient (Wildman–Crippen LogP) is 3.31. The zero-order chi connectivity index (χ0) is 16.8. The molecule has 8 heteroatoms. The Balaban J connectivity index is 1.63. The summed E-state index contributed by atoms with van der Waals surface area (Å²) < 4.78 is 5.90. The van der Waals surface area contributed by atoms with Crippen LogP contribution in [0.2, 0.25) is 0 Å². The van der Waals surface area contributed by atoms with Gasteiger partial charge in [-0.3, -0.25) is 9.38 Å². The minimum Gasteiger partial charge on any atom is -0.339 e. The molecule has 0 fully saturated rings. The summed E-state index contributed by atoms with van der Waals surface area (Å²) in [5.41, 5.74) is 6.18. The monoisotopic (exact) mass is 347 g/mol. The maximum Gasteiger partial charge on any atom is 0.157 e. The second-order valence-electron chi connectivity index (χ2n) is 5.88. The zero-order valence-corrected chi connectivity index (χ0v) is 13.9. The van der Waals surface area contributed by atoms with Crippen LogP contribution in [0.4, 0.5) is 11.5 Å². The Morgan fingerprint density at radius 3 is 3.08 bits per heavy atom. The Morgan fingerprint density at radius 1 is 1.24 bits per heavy atom. The molecule has 3 aromatic heterocycles. The highest BCUT2D eigenvalue weighted by atomic mass is 32.1. The minimum atomic E-state index is 0.719. The van der Waals surface area contributed by atoms with Crippen molar-refractivity contribution in [3.63, 3.8) is 0 Å². The summed E-state index contributed by atoms with van der Waals surface area (Å²) in [6, 6.07) is 6.13. The molecule has 3 heterocycles. The summed E-state index contributed by atoms with van der Waals surface area (Å²) in [6.07, 6.45) is 7.06. The van der Waals surface area contributed by atoms with Crippen molar-refractivity contribution in [1.82, 2.24) is 24.0 Å². The van der Waals surface area contributed by atoms with E-state index in [1.807, 2.05) is 28.1 Å². The van der Waals surface area contributed by atoms with Crippen LogP contribution in [0.3, 0.4) is 0 Å². The standard InChI is InChI=1S/C17H13N7S/c18-13-4-1-10-7-11(2-3-12(10)13)20-17-16(14-9-25-23-22-14)21-15-8-19-5-6-24(15)17/h2-3,5-9,18,20H,1,4H2. The van der Waals surface area contributed by atoms with E-state index in [-0.39, 0.29) is 0 Å². The molecule has 7 nitrogen and oxygen atoms in total. The van der Waals surface area contributed by atoms with Crippen molar-refractivity contribution in [1.29, 1.82) is 5.41 Å². The topological polar surface area (TPSA) is 91.9 Å². The van der Waals surface area contributed by atoms with Crippen LogP contribution in [0.5, 0.6) is 0 Å². The molecule has 0 amide bonds. The fraction of sp³-hybridized carbons (Fsp3) is 0.118. The Morgan fingerprint density at radius 2 is 2.20 bits per heavy atom. The molecule has 0 spiro atoms. The molecule has 0 radical (unpaired) electrons. The van der Waals surface area contributed by atoms with Crippen LogP contribution < -0.4 is 5.32 Å². The van der Waals surface area contributed by atoms with Gasteiger partial charge in [-0.1, -0.05) is 10.6 Å². The maximum atomic E-state index is 7.98. The van der Waals surface area contributed by atoms with Crippen LogP contribution in [0, 0.1) is 5.41 Å². The molecule has 25 heavy (non-hydrogen) atoms. The van der Waals surface area contributed by atoms with E-state index >= 15 is 0 Å². The van der Waals surface area contributed by atoms with E-state index in [9.17, 15) is 0 Å². The second kappa shape index (κ2) is 5.45. The van der Waals surface area contributed by atoms with Gasteiger partial charge in [0.05, 0.1) is 6.20 Å². The summed E-state index contributed by atoms with van der Waals surface area (Å²) in [4.78, 5) is 8.79. The number of aromatic nitrogens is 5. The highest BCUT2D eigenvalue weighted by Gasteiger charge is 2.19. The number of nitrogens with one attached hydrogen (secondary N) is 2. The van der Waals surface area contributed by atoms with E-state index < -0.39 is 0 Å². The van der Waals surface area contributed by atoms with Crippen LogP contribution in [-0.2, 0) is 6.42 Å². The molecule has 0 unspecified atom stereocenters. The van der Waals surface area contributed by atoms with Gasteiger partial charge in [0.15, 0.2) is 5.65 Å². The Labute approximate surface area is 147 Å². The van der Waals surface area contributed by atoms with Gasteiger partial charge in [0.2, 0.25) is 0 Å². The number of anilines is 2. The average Bonchev–Trinajstić information content (AvgIpc) is 3.35. The molecule has 4 aromatic rings. The summed E-state index contributed by atoms with van der Waals surface area (Å²) in [5.74, 6) is 0.832. The smallest absolute Gasteiger partial charge is 0.157 e. The number of aryl methyl sites for hydroxylation is 1. The van der Waals surface area contributed by atoms with Gasteiger partial charge in [-0.05, 0) is 47.6 Å². The molecule has 1 aromatic carbocycles. The van der Waals surface area contributed by atoms with Crippen LogP contribution in [0.1, 0.15) is 17.5 Å². The Hall–Kier alpha value is -3.13. The highest BCUT2D eigenvalue weighted by Crippen LogP contribution is 2.32. The molecule has 0 bridgehead atoms. The summed E-state index contributed by atoms with van der Waals surface area (Å²) >= 11 is 1.30. The number of benzene rings is 1. The van der Waals surface area contributed by atoms with E-state index in [0.717, 1.165) is 52.7 Å². The molecule has 0 saturated carbocycles. The lowest BCUT2D eigenvalue weighted by Gasteiger charge is -2.09. The number of rotatable bonds is 3. The Kier molecular flexibility index (Phi) is 3.10. The third kappa shape index (κ3) is 2.30. The van der Waals surface area contributed by atoms with Gasteiger partial charge < -0.3 is 10.7 Å². The van der Waals surface area contributed by atoms with Crippen molar-refractivity contribution in [2.75, 3.05) is 5.32 Å². The van der Waals surface area contributed by atoms with E-state index in [2.05, 4.69) is 30.9 Å². The van der Waals surface area contributed by atoms with Gasteiger partial charge in [0.1, 0.15) is 17.2 Å².